The average molecular weight is 394 g/mol. The molecule has 4 rings (SSSR count). The predicted molar refractivity (Wildman–Crippen MR) is 106 cm³/mol. The molecule has 0 aliphatic carbocycles. The predicted octanol–water partition coefficient (Wildman–Crippen LogP) is 0.441. The van der Waals surface area contributed by atoms with Crippen molar-refractivity contribution in [1.29, 1.82) is 0 Å². The number of ether oxygens (including phenoxy) is 1. The number of carbonyl (C=O) groups excluding carboxylic acids is 1. The minimum atomic E-state index is -0.381. The van der Waals surface area contributed by atoms with E-state index in [9.17, 15) is 9.90 Å². The maximum absolute atomic E-state index is 11.9. The summed E-state index contributed by atoms with van der Waals surface area (Å²) in [5.74, 6) is 0.361. The molecule has 0 heterocycles. The quantitative estimate of drug-likeness (QED) is 0.390. The van der Waals surface area contributed by atoms with Crippen LogP contribution in [0.2, 0.25) is 0 Å². The summed E-state index contributed by atoms with van der Waals surface area (Å²) < 4.78 is 5.54. The highest BCUT2D eigenvalue weighted by Gasteiger charge is 2.16. The van der Waals surface area contributed by atoms with Crippen molar-refractivity contribution in [2.24, 2.45) is 0 Å². The fourth-order valence-corrected chi connectivity index (χ4v) is 3.45. The van der Waals surface area contributed by atoms with E-state index in [2.05, 4.69) is 5.73 Å². The second kappa shape index (κ2) is 8.30. The van der Waals surface area contributed by atoms with Gasteiger partial charge < -0.3 is 28.0 Å². The lowest BCUT2D eigenvalue weighted by molar-refractivity contribution is -0.358. The molecule has 0 aliphatic heterocycles. The van der Waals surface area contributed by atoms with Crippen LogP contribution in [0.5, 0.6) is 11.5 Å². The molecule has 28 heavy (non-hydrogen) atoms. The molecule has 0 atom stereocenters. The number of fused-ring (bicyclic) bond motifs is 2. The van der Waals surface area contributed by atoms with Crippen LogP contribution in [0.15, 0.2) is 72.8 Å². The van der Waals surface area contributed by atoms with Crippen molar-refractivity contribution < 1.29 is 32.8 Å². The molecule has 0 spiro atoms. The number of aromatic hydroxyl groups is 1. The topological polar surface area (TPSA) is 74.2 Å². The molecule has 0 bridgehead atoms. The largest absolute Gasteiger partial charge is 1.00 e. The van der Waals surface area contributed by atoms with Gasteiger partial charge in [-0.3, -0.25) is 0 Å². The zero-order valence-electron chi connectivity index (χ0n) is 15.2. The molecule has 5 heteroatoms. The molecule has 4 aromatic rings. The summed E-state index contributed by atoms with van der Waals surface area (Å²) in [5.41, 5.74) is 5.29. The molecular formula is C23H20ClNO3. The number of rotatable bonds is 4. The minimum absolute atomic E-state index is 0. The number of halogens is 1. The first-order valence-electron chi connectivity index (χ1n) is 8.87. The lowest BCUT2D eigenvalue weighted by Gasteiger charge is -2.15. The van der Waals surface area contributed by atoms with E-state index in [0.717, 1.165) is 32.7 Å². The molecule has 0 fully saturated rings. The van der Waals surface area contributed by atoms with Gasteiger partial charge >= 0.3 is 5.97 Å². The van der Waals surface area contributed by atoms with Crippen molar-refractivity contribution in [3.63, 3.8) is 0 Å². The van der Waals surface area contributed by atoms with E-state index >= 15 is 0 Å². The first kappa shape index (κ1) is 19.7. The lowest BCUT2D eigenvalue weighted by Crippen LogP contribution is -3.00. The molecule has 4 aromatic carbocycles. The zero-order valence-corrected chi connectivity index (χ0v) is 15.9. The summed E-state index contributed by atoms with van der Waals surface area (Å²) in [6.07, 6.45) is 0.453. The third kappa shape index (κ3) is 3.65. The fraction of sp³-hybridized carbons (Fsp3) is 0.0870. The molecule has 4 nitrogen and oxygen atoms in total. The Hall–Kier alpha value is -3.08. The summed E-state index contributed by atoms with van der Waals surface area (Å²) in [6.45, 7) is 0.0613. The fourth-order valence-electron chi connectivity index (χ4n) is 3.45. The van der Waals surface area contributed by atoms with E-state index in [1.165, 1.54) is 0 Å². The first-order chi connectivity index (χ1) is 13.2. The molecule has 0 aromatic heterocycles. The Labute approximate surface area is 169 Å². The Bertz CT molecular complexity index is 1160. The monoisotopic (exact) mass is 393 g/mol. The molecule has 0 radical (unpaired) electrons. The van der Waals surface area contributed by atoms with E-state index in [1.807, 2.05) is 66.7 Å². The van der Waals surface area contributed by atoms with Crippen LogP contribution in [-0.2, 0) is 11.2 Å². The van der Waals surface area contributed by atoms with Crippen molar-refractivity contribution >= 4 is 27.5 Å². The van der Waals surface area contributed by atoms with E-state index in [1.54, 1.807) is 6.07 Å². The van der Waals surface area contributed by atoms with Gasteiger partial charge in [0.15, 0.2) is 6.54 Å². The van der Waals surface area contributed by atoms with Gasteiger partial charge in [-0.25, -0.2) is 4.79 Å². The standard InChI is InChI=1S/C23H19NO3.ClH/c24-14-23(26)27-22-12-10-16-6-2-4-8-18(16)20(22)13-19-17-7-3-1-5-15(17)9-11-21(19)25;/h1-12,25H,13-14,24H2;1H. The molecular weight excluding hydrogens is 374 g/mol. The van der Waals surface area contributed by atoms with Gasteiger partial charge in [0.05, 0.1) is 0 Å². The van der Waals surface area contributed by atoms with E-state index in [0.29, 0.717) is 12.2 Å². The molecule has 0 saturated carbocycles. The van der Waals surface area contributed by atoms with Crippen molar-refractivity contribution in [1.82, 2.24) is 0 Å². The summed E-state index contributed by atoms with van der Waals surface area (Å²) in [4.78, 5) is 11.9. The van der Waals surface area contributed by atoms with Crippen LogP contribution in [0, 0.1) is 0 Å². The van der Waals surface area contributed by atoms with Crippen molar-refractivity contribution in [2.45, 2.75) is 6.42 Å². The van der Waals surface area contributed by atoms with Crippen LogP contribution in [0.1, 0.15) is 11.1 Å². The molecule has 0 amide bonds. The highest BCUT2D eigenvalue weighted by atomic mass is 35.5. The molecule has 142 valence electrons. The summed E-state index contributed by atoms with van der Waals surface area (Å²) in [7, 11) is 0. The van der Waals surface area contributed by atoms with Gasteiger partial charge in [-0.2, -0.15) is 0 Å². The van der Waals surface area contributed by atoms with E-state index in [-0.39, 0.29) is 30.7 Å². The van der Waals surface area contributed by atoms with Gasteiger partial charge in [-0.05, 0) is 33.7 Å². The van der Waals surface area contributed by atoms with Gasteiger partial charge in [0.25, 0.3) is 0 Å². The van der Waals surface area contributed by atoms with Gasteiger partial charge in [-0.15, -0.1) is 0 Å². The van der Waals surface area contributed by atoms with Crippen LogP contribution in [0.3, 0.4) is 0 Å². The second-order valence-electron chi connectivity index (χ2n) is 6.45. The molecule has 0 aliphatic rings. The number of phenolic OH excluding ortho intramolecular Hbond substituents is 1. The number of phenols is 1. The Kier molecular flexibility index (Phi) is 5.83. The Morgan fingerprint density at radius 2 is 1.39 bits per heavy atom. The third-order valence-electron chi connectivity index (χ3n) is 4.79. The lowest BCUT2D eigenvalue weighted by atomic mass is 9.93. The van der Waals surface area contributed by atoms with Crippen molar-refractivity contribution in [2.75, 3.05) is 6.54 Å². The average Bonchev–Trinajstić information content (AvgIpc) is 2.71. The normalized spacial score (nSPS) is 10.6. The summed E-state index contributed by atoms with van der Waals surface area (Å²) in [6, 6.07) is 23.3. The minimum Gasteiger partial charge on any atom is -1.00 e. The Morgan fingerprint density at radius 3 is 2.04 bits per heavy atom. The Balaban J connectivity index is 0.00000225. The number of carbonyl (C=O) groups is 1. The van der Waals surface area contributed by atoms with Crippen LogP contribution >= 0.6 is 0 Å². The smallest absolute Gasteiger partial charge is 0.366 e. The Morgan fingerprint density at radius 1 is 0.821 bits per heavy atom. The van der Waals surface area contributed by atoms with Crippen molar-refractivity contribution in [3.05, 3.63) is 83.9 Å². The SMILES string of the molecule is [Cl-].[NH3+]CC(=O)Oc1ccc2ccccc2c1Cc1c(O)ccc2ccccc12. The van der Waals surface area contributed by atoms with Crippen molar-refractivity contribution in [3.8, 4) is 11.5 Å². The highest BCUT2D eigenvalue weighted by molar-refractivity contribution is 5.92. The number of esters is 1. The van der Waals surface area contributed by atoms with Gasteiger partial charge in [-0.1, -0.05) is 60.7 Å². The number of hydrogen-bond acceptors (Lipinski definition) is 3. The summed E-state index contributed by atoms with van der Waals surface area (Å²) >= 11 is 0. The number of benzene rings is 4. The third-order valence-corrected chi connectivity index (χ3v) is 4.79. The maximum Gasteiger partial charge on any atom is 0.366 e. The van der Waals surface area contributed by atoms with Gasteiger partial charge in [0, 0.05) is 17.5 Å². The van der Waals surface area contributed by atoms with E-state index < -0.39 is 0 Å². The molecule has 0 saturated heterocycles. The zero-order chi connectivity index (χ0) is 18.8. The number of quaternary nitrogens is 1. The summed E-state index contributed by atoms with van der Waals surface area (Å²) in [5, 5.41) is 14.6. The van der Waals surface area contributed by atoms with Gasteiger partial charge in [0.2, 0.25) is 0 Å². The van der Waals surface area contributed by atoms with Crippen LogP contribution < -0.4 is 22.9 Å². The first-order valence-corrected chi connectivity index (χ1v) is 8.87. The molecule has 0 unspecified atom stereocenters. The highest BCUT2D eigenvalue weighted by Crippen LogP contribution is 2.35. The number of hydrogen-bond donors (Lipinski definition) is 2. The van der Waals surface area contributed by atoms with E-state index in [4.69, 9.17) is 4.74 Å². The van der Waals surface area contributed by atoms with Crippen LogP contribution in [0.25, 0.3) is 21.5 Å². The molecule has 4 N–H and O–H groups in total. The van der Waals surface area contributed by atoms with Gasteiger partial charge in [0.1, 0.15) is 11.5 Å². The van der Waals surface area contributed by atoms with Crippen LogP contribution in [-0.4, -0.2) is 17.6 Å². The maximum atomic E-state index is 11.9. The second-order valence-corrected chi connectivity index (χ2v) is 6.45. The van der Waals surface area contributed by atoms with Crippen LogP contribution in [0.4, 0.5) is 0 Å².